The summed E-state index contributed by atoms with van der Waals surface area (Å²) in [6.07, 6.45) is 0. The fraction of sp³-hybridized carbons (Fsp3) is 0.111. The van der Waals surface area contributed by atoms with E-state index in [1.54, 1.807) is 6.92 Å². The molecule has 2 aromatic carbocycles. The summed E-state index contributed by atoms with van der Waals surface area (Å²) in [4.78, 5) is 16.5. The van der Waals surface area contributed by atoms with E-state index < -0.39 is 12.0 Å². The van der Waals surface area contributed by atoms with Crippen molar-refractivity contribution in [3.05, 3.63) is 71.4 Å². The molecule has 1 atom stereocenters. The van der Waals surface area contributed by atoms with Crippen LogP contribution in [0, 0.1) is 0 Å². The molecule has 114 valence electrons. The third kappa shape index (κ3) is 2.01. The molecular weight excluding hydrogens is 290 g/mol. The SMILES string of the molecule is CC1=C(C(=O)O)C(c2ccccc2)n2c(nc3ccccc32)N1. The Morgan fingerprint density at radius 3 is 2.57 bits per heavy atom. The van der Waals surface area contributed by atoms with E-state index in [1.807, 2.05) is 59.2 Å². The molecule has 1 aliphatic rings. The van der Waals surface area contributed by atoms with Crippen LogP contribution in [0.1, 0.15) is 18.5 Å². The second-order valence-electron chi connectivity index (χ2n) is 5.58. The lowest BCUT2D eigenvalue weighted by Crippen LogP contribution is -2.27. The van der Waals surface area contributed by atoms with Gasteiger partial charge in [0.2, 0.25) is 5.95 Å². The van der Waals surface area contributed by atoms with Crippen LogP contribution in [0.3, 0.4) is 0 Å². The Bertz CT molecular complexity index is 941. The Morgan fingerprint density at radius 1 is 1.13 bits per heavy atom. The highest BCUT2D eigenvalue weighted by Crippen LogP contribution is 2.38. The molecule has 0 amide bonds. The molecule has 5 nitrogen and oxygen atoms in total. The number of para-hydroxylation sites is 2. The molecule has 3 aromatic rings. The van der Waals surface area contributed by atoms with E-state index in [9.17, 15) is 9.90 Å². The van der Waals surface area contributed by atoms with Crippen LogP contribution in [-0.2, 0) is 4.79 Å². The molecule has 2 heterocycles. The normalized spacial score (nSPS) is 17.0. The molecule has 0 saturated heterocycles. The molecule has 0 bridgehead atoms. The molecular formula is C18H15N3O2. The maximum atomic E-state index is 11.9. The van der Waals surface area contributed by atoms with Gasteiger partial charge < -0.3 is 10.4 Å². The number of imidazole rings is 1. The van der Waals surface area contributed by atoms with Gasteiger partial charge in [0.05, 0.1) is 22.6 Å². The van der Waals surface area contributed by atoms with Crippen molar-refractivity contribution in [3.8, 4) is 0 Å². The first kappa shape index (κ1) is 13.6. The number of carbonyl (C=O) groups is 1. The quantitative estimate of drug-likeness (QED) is 0.761. The van der Waals surface area contributed by atoms with Crippen LogP contribution in [-0.4, -0.2) is 20.6 Å². The van der Waals surface area contributed by atoms with Gasteiger partial charge in [-0.15, -0.1) is 0 Å². The van der Waals surface area contributed by atoms with Crippen LogP contribution in [0.2, 0.25) is 0 Å². The number of aliphatic carboxylic acids is 1. The smallest absolute Gasteiger partial charge is 0.335 e. The number of benzene rings is 2. The molecule has 0 fully saturated rings. The average molecular weight is 305 g/mol. The van der Waals surface area contributed by atoms with Crippen molar-refractivity contribution in [2.24, 2.45) is 0 Å². The van der Waals surface area contributed by atoms with Gasteiger partial charge in [0.1, 0.15) is 0 Å². The van der Waals surface area contributed by atoms with Crippen LogP contribution in [0.5, 0.6) is 0 Å². The minimum absolute atomic E-state index is 0.340. The number of hydrogen-bond acceptors (Lipinski definition) is 3. The Kier molecular flexibility index (Phi) is 2.94. The van der Waals surface area contributed by atoms with Gasteiger partial charge >= 0.3 is 5.97 Å². The summed E-state index contributed by atoms with van der Waals surface area (Å²) >= 11 is 0. The average Bonchev–Trinajstić information content (AvgIpc) is 2.91. The van der Waals surface area contributed by atoms with E-state index in [0.29, 0.717) is 17.2 Å². The van der Waals surface area contributed by atoms with E-state index in [4.69, 9.17) is 0 Å². The van der Waals surface area contributed by atoms with Crippen LogP contribution in [0.15, 0.2) is 65.9 Å². The zero-order chi connectivity index (χ0) is 16.0. The van der Waals surface area contributed by atoms with E-state index >= 15 is 0 Å². The number of nitrogens with one attached hydrogen (secondary N) is 1. The van der Waals surface area contributed by atoms with Crippen LogP contribution in [0.4, 0.5) is 5.95 Å². The van der Waals surface area contributed by atoms with Gasteiger partial charge in [-0.05, 0) is 24.6 Å². The lowest BCUT2D eigenvalue weighted by Gasteiger charge is -2.29. The molecule has 2 N–H and O–H groups in total. The Morgan fingerprint density at radius 2 is 1.83 bits per heavy atom. The lowest BCUT2D eigenvalue weighted by molar-refractivity contribution is -0.133. The Balaban J connectivity index is 2.05. The van der Waals surface area contributed by atoms with Gasteiger partial charge in [-0.1, -0.05) is 42.5 Å². The number of nitrogens with zero attached hydrogens (tertiary/aromatic N) is 2. The van der Waals surface area contributed by atoms with Gasteiger partial charge in [-0.2, -0.15) is 0 Å². The van der Waals surface area contributed by atoms with Gasteiger partial charge in [0, 0.05) is 5.70 Å². The van der Waals surface area contributed by atoms with E-state index in [1.165, 1.54) is 0 Å². The predicted molar refractivity (Wildman–Crippen MR) is 88.3 cm³/mol. The van der Waals surface area contributed by atoms with Crippen LogP contribution >= 0.6 is 0 Å². The van der Waals surface area contributed by atoms with Crippen molar-refractivity contribution in [1.29, 1.82) is 0 Å². The molecule has 1 unspecified atom stereocenters. The van der Waals surface area contributed by atoms with Crippen molar-refractivity contribution in [2.75, 3.05) is 5.32 Å². The molecule has 5 heteroatoms. The summed E-state index contributed by atoms with van der Waals surface area (Å²) in [7, 11) is 0. The molecule has 4 rings (SSSR count). The fourth-order valence-corrected chi connectivity index (χ4v) is 3.19. The van der Waals surface area contributed by atoms with Crippen molar-refractivity contribution in [2.45, 2.75) is 13.0 Å². The van der Waals surface area contributed by atoms with Gasteiger partial charge in [0.25, 0.3) is 0 Å². The first-order valence-corrected chi connectivity index (χ1v) is 7.40. The van der Waals surface area contributed by atoms with Gasteiger partial charge in [-0.25, -0.2) is 9.78 Å². The highest BCUT2D eigenvalue weighted by Gasteiger charge is 2.33. The highest BCUT2D eigenvalue weighted by atomic mass is 16.4. The number of rotatable bonds is 2. The van der Waals surface area contributed by atoms with Gasteiger partial charge in [0.15, 0.2) is 0 Å². The molecule has 0 radical (unpaired) electrons. The molecule has 23 heavy (non-hydrogen) atoms. The topological polar surface area (TPSA) is 67.1 Å². The van der Waals surface area contributed by atoms with Crippen LogP contribution in [0.25, 0.3) is 11.0 Å². The minimum atomic E-state index is -0.924. The number of allylic oxidation sites excluding steroid dienone is 1. The third-order valence-corrected chi connectivity index (χ3v) is 4.18. The zero-order valence-corrected chi connectivity index (χ0v) is 12.5. The van der Waals surface area contributed by atoms with Crippen molar-refractivity contribution < 1.29 is 9.90 Å². The maximum Gasteiger partial charge on any atom is 0.335 e. The standard InChI is InChI=1S/C18H15N3O2/c1-11-15(17(22)23)16(12-7-3-2-4-8-12)21-14-10-6-5-9-13(14)20-18(21)19-11/h2-10,16H,1H3,(H,19,20)(H,22,23). The number of fused-ring (bicyclic) bond motifs is 3. The third-order valence-electron chi connectivity index (χ3n) is 4.18. The largest absolute Gasteiger partial charge is 0.478 e. The molecule has 1 aromatic heterocycles. The lowest BCUT2D eigenvalue weighted by atomic mass is 9.95. The van der Waals surface area contributed by atoms with Crippen molar-refractivity contribution in [1.82, 2.24) is 9.55 Å². The molecule has 0 aliphatic carbocycles. The molecule has 1 aliphatic heterocycles. The maximum absolute atomic E-state index is 11.9. The van der Waals surface area contributed by atoms with E-state index in [2.05, 4.69) is 10.3 Å². The van der Waals surface area contributed by atoms with Gasteiger partial charge in [-0.3, -0.25) is 4.57 Å². The summed E-state index contributed by atoms with van der Waals surface area (Å²) < 4.78 is 1.96. The first-order chi connectivity index (χ1) is 11.2. The number of hydrogen-bond donors (Lipinski definition) is 2. The van der Waals surface area contributed by atoms with Crippen molar-refractivity contribution >= 4 is 23.0 Å². The number of anilines is 1. The van der Waals surface area contributed by atoms with E-state index in [-0.39, 0.29) is 0 Å². The number of carboxylic acids is 1. The molecule has 0 spiro atoms. The molecule has 0 saturated carbocycles. The summed E-state index contributed by atoms with van der Waals surface area (Å²) in [6.45, 7) is 1.78. The van der Waals surface area contributed by atoms with Crippen molar-refractivity contribution in [3.63, 3.8) is 0 Å². The second-order valence-corrected chi connectivity index (χ2v) is 5.58. The summed E-state index contributed by atoms with van der Waals surface area (Å²) in [5, 5.41) is 12.9. The monoisotopic (exact) mass is 305 g/mol. The van der Waals surface area contributed by atoms with Crippen LogP contribution < -0.4 is 5.32 Å². The predicted octanol–water partition coefficient (Wildman–Crippen LogP) is 3.41. The first-order valence-electron chi connectivity index (χ1n) is 7.40. The zero-order valence-electron chi connectivity index (χ0n) is 12.5. The highest BCUT2D eigenvalue weighted by molar-refractivity contribution is 5.92. The second kappa shape index (κ2) is 4.98. The summed E-state index contributed by atoms with van der Waals surface area (Å²) in [5.41, 5.74) is 3.64. The summed E-state index contributed by atoms with van der Waals surface area (Å²) in [5.74, 6) is -0.255. The number of carboxylic acid groups (broad SMARTS) is 1. The Hall–Kier alpha value is -3.08. The Labute approximate surface area is 132 Å². The number of aromatic nitrogens is 2. The minimum Gasteiger partial charge on any atom is -0.478 e. The fourth-order valence-electron chi connectivity index (χ4n) is 3.19. The van der Waals surface area contributed by atoms with E-state index in [0.717, 1.165) is 16.6 Å². The summed E-state index contributed by atoms with van der Waals surface area (Å²) in [6, 6.07) is 17.0.